The maximum absolute atomic E-state index is 14.0. The van der Waals surface area contributed by atoms with Gasteiger partial charge in [-0.15, -0.1) is 0 Å². The first kappa shape index (κ1) is 28.4. The first-order chi connectivity index (χ1) is 20.7. The number of hydrogen-bond acceptors (Lipinski definition) is 4. The van der Waals surface area contributed by atoms with Crippen molar-refractivity contribution < 1.29 is 19.2 Å². The average Bonchev–Trinajstić information content (AvgIpc) is 3.20. The van der Waals surface area contributed by atoms with Gasteiger partial charge < -0.3 is 21.3 Å². The van der Waals surface area contributed by atoms with Crippen LogP contribution in [0.25, 0.3) is 0 Å². The Labute approximate surface area is 256 Å². The van der Waals surface area contributed by atoms with Gasteiger partial charge in [-0.1, -0.05) is 0 Å². The zero-order valence-electron chi connectivity index (χ0n) is 25.8. The average molecular weight is 593 g/mol. The zero-order chi connectivity index (χ0) is 29.3. The Kier molecular flexibility index (Phi) is 7.09. The van der Waals surface area contributed by atoms with Gasteiger partial charge in [0.25, 0.3) is 0 Å². The third-order valence-corrected chi connectivity index (χ3v) is 13.7. The molecule has 4 atom stereocenters. The number of rotatable bonds is 6. The highest BCUT2D eigenvalue weighted by atomic mass is 16.2. The summed E-state index contributed by atoms with van der Waals surface area (Å²) in [6.07, 6.45) is 18.2. The lowest BCUT2D eigenvalue weighted by molar-refractivity contribution is -0.147. The fraction of sp³-hybridized carbons (Fsp3) is 0.886. The van der Waals surface area contributed by atoms with E-state index in [1.807, 2.05) is 0 Å². The Bertz CT molecular complexity index is 1100. The second-order valence-electron chi connectivity index (χ2n) is 17.1. The summed E-state index contributed by atoms with van der Waals surface area (Å²) in [4.78, 5) is 54.1. The zero-order valence-corrected chi connectivity index (χ0v) is 25.8. The van der Waals surface area contributed by atoms with Crippen molar-refractivity contribution in [2.45, 2.75) is 134 Å². The first-order valence-corrected chi connectivity index (χ1v) is 17.9. The predicted molar refractivity (Wildman–Crippen MR) is 161 cm³/mol. The molecule has 0 radical (unpaired) electrons. The van der Waals surface area contributed by atoms with Gasteiger partial charge in [-0.3, -0.25) is 19.2 Å². The quantitative estimate of drug-likeness (QED) is 0.374. The molecular formula is C35H52N4O4. The molecule has 2 saturated heterocycles. The number of nitrogens with one attached hydrogen (secondary N) is 4. The predicted octanol–water partition coefficient (Wildman–Crippen LogP) is 3.97. The monoisotopic (exact) mass is 592 g/mol. The normalized spacial score (nSPS) is 48.2. The molecule has 43 heavy (non-hydrogen) atoms. The van der Waals surface area contributed by atoms with E-state index < -0.39 is 5.92 Å². The molecule has 8 bridgehead atoms. The molecule has 8 nitrogen and oxygen atoms in total. The Hall–Kier alpha value is -2.12. The molecule has 0 aromatic rings. The molecule has 10 fully saturated rings. The van der Waals surface area contributed by atoms with E-state index in [1.54, 1.807) is 0 Å². The summed E-state index contributed by atoms with van der Waals surface area (Å²) in [5, 5.41) is 12.9. The van der Waals surface area contributed by atoms with Gasteiger partial charge in [-0.2, -0.15) is 0 Å². The molecule has 2 aliphatic heterocycles. The van der Waals surface area contributed by atoms with Crippen LogP contribution in [0.4, 0.5) is 0 Å². The summed E-state index contributed by atoms with van der Waals surface area (Å²) in [7, 11) is 0. The van der Waals surface area contributed by atoms with Crippen LogP contribution in [0.5, 0.6) is 0 Å². The smallest absolute Gasteiger partial charge is 0.227 e. The van der Waals surface area contributed by atoms with Crippen LogP contribution in [0.3, 0.4) is 0 Å². The van der Waals surface area contributed by atoms with Crippen LogP contribution >= 0.6 is 0 Å². The summed E-state index contributed by atoms with van der Waals surface area (Å²) in [6, 6.07) is -0.840. The van der Waals surface area contributed by atoms with Crippen LogP contribution in [-0.2, 0) is 19.2 Å². The summed E-state index contributed by atoms with van der Waals surface area (Å²) in [6.45, 7) is 0.600. The first-order valence-electron chi connectivity index (χ1n) is 17.9. The lowest BCUT2D eigenvalue weighted by Crippen LogP contribution is -2.59. The lowest BCUT2D eigenvalue weighted by atomic mass is 9.49. The van der Waals surface area contributed by atoms with E-state index in [0.29, 0.717) is 43.6 Å². The number of hydrogen-bond donors (Lipinski definition) is 4. The number of carbonyl (C=O) groups is 4. The lowest BCUT2D eigenvalue weighted by Gasteiger charge is -2.56. The SMILES string of the molecule is O=C(CC12CC3CC(CC(C3)C1)C2)NC1CC[C@@H](C2C(=O)NCCC[C@@H]2NC(=O)C23CC4CC(CC(C4)C2)C3)NC(=O)C1. The summed E-state index contributed by atoms with van der Waals surface area (Å²) in [5.74, 6) is 4.07. The van der Waals surface area contributed by atoms with Crippen molar-refractivity contribution in [2.24, 2.45) is 52.3 Å². The molecule has 236 valence electrons. The van der Waals surface area contributed by atoms with Crippen molar-refractivity contribution >= 4 is 23.6 Å². The van der Waals surface area contributed by atoms with Crippen molar-refractivity contribution in [3.8, 4) is 0 Å². The Morgan fingerprint density at radius 3 is 1.93 bits per heavy atom. The van der Waals surface area contributed by atoms with Crippen molar-refractivity contribution in [1.82, 2.24) is 21.3 Å². The molecule has 4 amide bonds. The van der Waals surface area contributed by atoms with Crippen LogP contribution in [-0.4, -0.2) is 48.3 Å². The molecule has 0 aromatic carbocycles. The van der Waals surface area contributed by atoms with Gasteiger partial charge in [0.1, 0.15) is 0 Å². The summed E-state index contributed by atoms with van der Waals surface area (Å²) < 4.78 is 0. The molecule has 8 saturated carbocycles. The molecule has 8 aliphatic carbocycles. The minimum absolute atomic E-state index is 0.0667. The second-order valence-corrected chi connectivity index (χ2v) is 17.1. The van der Waals surface area contributed by atoms with Gasteiger partial charge in [0.2, 0.25) is 23.6 Å². The number of carbonyl (C=O) groups excluding carboxylic acids is 4. The third-order valence-electron chi connectivity index (χ3n) is 13.7. The Morgan fingerprint density at radius 2 is 1.33 bits per heavy atom. The van der Waals surface area contributed by atoms with Gasteiger partial charge in [-0.25, -0.2) is 0 Å². The maximum atomic E-state index is 14.0. The van der Waals surface area contributed by atoms with E-state index in [1.165, 1.54) is 57.8 Å². The highest BCUT2D eigenvalue weighted by Gasteiger charge is 2.56. The number of amides is 4. The van der Waals surface area contributed by atoms with Crippen LogP contribution in [0.1, 0.15) is 116 Å². The highest BCUT2D eigenvalue weighted by molar-refractivity contribution is 5.87. The molecular weight excluding hydrogens is 540 g/mol. The molecule has 0 spiro atoms. The molecule has 10 rings (SSSR count). The van der Waals surface area contributed by atoms with Crippen LogP contribution in [0, 0.1) is 52.3 Å². The van der Waals surface area contributed by atoms with E-state index in [9.17, 15) is 19.2 Å². The molecule has 4 N–H and O–H groups in total. The highest BCUT2D eigenvalue weighted by Crippen LogP contribution is 2.62. The van der Waals surface area contributed by atoms with E-state index in [-0.39, 0.29) is 59.0 Å². The van der Waals surface area contributed by atoms with Crippen LogP contribution in [0.15, 0.2) is 0 Å². The molecule has 8 heteroatoms. The van der Waals surface area contributed by atoms with E-state index >= 15 is 0 Å². The molecule has 0 aromatic heterocycles. The molecule has 10 aliphatic rings. The van der Waals surface area contributed by atoms with Crippen molar-refractivity contribution in [3.63, 3.8) is 0 Å². The van der Waals surface area contributed by atoms with Crippen molar-refractivity contribution in [2.75, 3.05) is 6.54 Å². The fourth-order valence-corrected chi connectivity index (χ4v) is 12.9. The minimum Gasteiger partial charge on any atom is -0.356 e. The summed E-state index contributed by atoms with van der Waals surface area (Å²) >= 11 is 0. The standard InChI is InChI=1S/C35H52N4O4/c40-29-12-26(37-30(41)19-34-13-20-6-21(14-34)8-22(7-20)15-34)3-4-28(38-29)31-27(2-1-5-36-32(31)42)39-33(43)35-16-23-9-24(17-35)11-25(10-23)18-35/h20-28,31H,1-19H2,(H,36,42)(H,37,41)(H,38,40)(H,39,43)/t20?,21?,22?,23?,24?,25?,26?,27-,28-,31?,34?,35?/m0/s1. The van der Waals surface area contributed by atoms with E-state index in [4.69, 9.17) is 0 Å². The third kappa shape index (κ3) is 5.41. The molecule has 2 heterocycles. The van der Waals surface area contributed by atoms with Crippen LogP contribution in [0.2, 0.25) is 0 Å². The van der Waals surface area contributed by atoms with Gasteiger partial charge in [-0.05, 0) is 144 Å². The van der Waals surface area contributed by atoms with Gasteiger partial charge in [0.15, 0.2) is 0 Å². The minimum atomic E-state index is -0.495. The van der Waals surface area contributed by atoms with Crippen molar-refractivity contribution in [3.05, 3.63) is 0 Å². The molecule has 2 unspecified atom stereocenters. The van der Waals surface area contributed by atoms with Gasteiger partial charge in [0.05, 0.1) is 5.92 Å². The second kappa shape index (κ2) is 10.8. The Morgan fingerprint density at radius 1 is 0.744 bits per heavy atom. The van der Waals surface area contributed by atoms with Crippen LogP contribution < -0.4 is 21.3 Å². The topological polar surface area (TPSA) is 116 Å². The fourth-order valence-electron chi connectivity index (χ4n) is 12.9. The van der Waals surface area contributed by atoms with Crippen molar-refractivity contribution in [1.29, 1.82) is 0 Å². The van der Waals surface area contributed by atoms with Gasteiger partial charge in [0, 0.05) is 42.9 Å². The largest absolute Gasteiger partial charge is 0.356 e. The van der Waals surface area contributed by atoms with E-state index in [2.05, 4.69) is 21.3 Å². The maximum Gasteiger partial charge on any atom is 0.227 e. The van der Waals surface area contributed by atoms with E-state index in [0.717, 1.165) is 49.9 Å². The Balaban J connectivity index is 0.922. The summed E-state index contributed by atoms with van der Waals surface area (Å²) in [5.41, 5.74) is -0.0875. The van der Waals surface area contributed by atoms with Gasteiger partial charge >= 0.3 is 0 Å².